The van der Waals surface area contributed by atoms with Gasteiger partial charge >= 0.3 is 0 Å². The summed E-state index contributed by atoms with van der Waals surface area (Å²) in [6, 6.07) is 6.65. The van der Waals surface area contributed by atoms with Crippen LogP contribution in [-0.4, -0.2) is 16.5 Å². The van der Waals surface area contributed by atoms with Gasteiger partial charge in [0, 0.05) is 11.6 Å². The van der Waals surface area contributed by atoms with Gasteiger partial charge in [-0.05, 0) is 6.92 Å². The third kappa shape index (κ3) is 3.85. The Kier molecular flexibility index (Phi) is 4.87. The van der Waals surface area contributed by atoms with Crippen LogP contribution < -0.4 is 0 Å². The topological polar surface area (TPSA) is 80.4 Å². The van der Waals surface area contributed by atoms with Crippen LogP contribution in [0.4, 0.5) is 5.69 Å². The molecule has 0 spiro atoms. The largest absolute Gasteiger partial charge is 0.483 e. The molecule has 13 heavy (non-hydrogen) atoms. The van der Waals surface area contributed by atoms with Crippen molar-refractivity contribution in [3.63, 3.8) is 0 Å². The Labute approximate surface area is 74.8 Å². The van der Waals surface area contributed by atoms with Crippen molar-refractivity contribution < 1.29 is 14.8 Å². The van der Waals surface area contributed by atoms with Crippen molar-refractivity contribution in [3.8, 4) is 0 Å². The van der Waals surface area contributed by atoms with Crippen LogP contribution in [0.1, 0.15) is 5.56 Å². The number of nitro benzene ring substituents is 1. The zero-order valence-corrected chi connectivity index (χ0v) is 7.01. The zero-order chi connectivity index (χ0) is 10.3. The van der Waals surface area contributed by atoms with Crippen LogP contribution in [-0.2, 0) is 4.79 Å². The van der Waals surface area contributed by atoms with E-state index in [0.29, 0.717) is 5.56 Å². The van der Waals surface area contributed by atoms with E-state index in [1.54, 1.807) is 25.1 Å². The predicted octanol–water partition coefficient (Wildman–Crippen LogP) is 1.60. The number of carbonyl (C=O) groups is 1. The molecule has 5 heteroatoms. The number of aryl methyl sites for hydroxylation is 1. The first-order chi connectivity index (χ1) is 6.13. The lowest BCUT2D eigenvalue weighted by Crippen LogP contribution is -1.89. The number of hydrogen-bond donors (Lipinski definition) is 1. The number of nitro groups is 1. The molecule has 0 aliphatic heterocycles. The highest BCUT2D eigenvalue weighted by atomic mass is 16.6. The lowest BCUT2D eigenvalue weighted by atomic mass is 10.2. The summed E-state index contributed by atoms with van der Waals surface area (Å²) in [5.41, 5.74) is 0.884. The van der Waals surface area contributed by atoms with Crippen molar-refractivity contribution in [1.82, 2.24) is 0 Å². The Balaban J connectivity index is 0.000000424. The van der Waals surface area contributed by atoms with Gasteiger partial charge in [0.1, 0.15) is 0 Å². The van der Waals surface area contributed by atoms with Crippen molar-refractivity contribution in [2.45, 2.75) is 6.92 Å². The summed E-state index contributed by atoms with van der Waals surface area (Å²) in [4.78, 5) is 18.2. The Morgan fingerprint density at radius 2 is 1.92 bits per heavy atom. The highest BCUT2D eigenvalue weighted by Crippen LogP contribution is 2.14. The van der Waals surface area contributed by atoms with Crippen molar-refractivity contribution in [1.29, 1.82) is 0 Å². The van der Waals surface area contributed by atoms with Gasteiger partial charge in [0.05, 0.1) is 4.92 Å². The van der Waals surface area contributed by atoms with Crippen LogP contribution in [0.5, 0.6) is 0 Å². The lowest BCUT2D eigenvalue weighted by molar-refractivity contribution is -0.385. The van der Waals surface area contributed by atoms with Gasteiger partial charge in [-0.25, -0.2) is 0 Å². The summed E-state index contributed by atoms with van der Waals surface area (Å²) < 4.78 is 0. The minimum absolute atomic E-state index is 0.183. The molecular formula is C8H9NO4. The minimum atomic E-state index is -0.380. The maximum Gasteiger partial charge on any atom is 0.290 e. The molecule has 0 fully saturated rings. The summed E-state index contributed by atoms with van der Waals surface area (Å²) in [5, 5.41) is 17.1. The Morgan fingerprint density at radius 1 is 1.46 bits per heavy atom. The molecule has 1 aromatic rings. The number of hydrogen-bond acceptors (Lipinski definition) is 3. The van der Waals surface area contributed by atoms with Gasteiger partial charge in [-0.1, -0.05) is 18.2 Å². The highest BCUT2D eigenvalue weighted by molar-refractivity contribution is 5.38. The second kappa shape index (κ2) is 5.70. The lowest BCUT2D eigenvalue weighted by Gasteiger charge is -1.92. The molecular weight excluding hydrogens is 174 g/mol. The maximum absolute atomic E-state index is 10.2. The Bertz CT molecular complexity index is 298. The highest BCUT2D eigenvalue weighted by Gasteiger charge is 2.05. The first-order valence-corrected chi connectivity index (χ1v) is 3.41. The third-order valence-corrected chi connectivity index (χ3v) is 1.31. The molecule has 70 valence electrons. The molecule has 0 saturated heterocycles. The van der Waals surface area contributed by atoms with Crippen LogP contribution in [0.3, 0.4) is 0 Å². The molecule has 0 aliphatic carbocycles. The fourth-order valence-corrected chi connectivity index (χ4v) is 0.768. The SMILES string of the molecule is Cc1ccccc1[N+](=O)[O-].O=CO. The number of rotatable bonds is 1. The first-order valence-electron chi connectivity index (χ1n) is 3.41. The summed E-state index contributed by atoms with van der Waals surface area (Å²) in [5.74, 6) is 0. The molecule has 0 unspecified atom stereocenters. The van der Waals surface area contributed by atoms with Crippen molar-refractivity contribution >= 4 is 12.2 Å². The molecule has 0 bridgehead atoms. The van der Waals surface area contributed by atoms with Crippen LogP contribution in [0.25, 0.3) is 0 Å². The van der Waals surface area contributed by atoms with Gasteiger partial charge in [0.2, 0.25) is 0 Å². The first kappa shape index (κ1) is 11.1. The molecule has 1 rings (SSSR count). The van der Waals surface area contributed by atoms with E-state index in [1.807, 2.05) is 0 Å². The molecule has 1 aromatic carbocycles. The van der Waals surface area contributed by atoms with Crippen molar-refractivity contribution in [2.24, 2.45) is 0 Å². The van der Waals surface area contributed by atoms with E-state index < -0.39 is 0 Å². The number of benzene rings is 1. The summed E-state index contributed by atoms with van der Waals surface area (Å²) in [6.07, 6.45) is 0. The molecule has 0 amide bonds. The van der Waals surface area contributed by atoms with Gasteiger partial charge < -0.3 is 5.11 Å². The zero-order valence-electron chi connectivity index (χ0n) is 7.01. The standard InChI is InChI=1S/C7H7NO2.CH2O2/c1-6-4-2-3-5-7(6)8(9)10;2-1-3/h2-5H,1H3;1H,(H,2,3). The van der Waals surface area contributed by atoms with Gasteiger partial charge in [0.25, 0.3) is 12.2 Å². The summed E-state index contributed by atoms with van der Waals surface area (Å²) >= 11 is 0. The van der Waals surface area contributed by atoms with E-state index in [4.69, 9.17) is 9.90 Å². The van der Waals surface area contributed by atoms with E-state index in [1.165, 1.54) is 6.07 Å². The number of nitrogens with zero attached hydrogens (tertiary/aromatic N) is 1. The summed E-state index contributed by atoms with van der Waals surface area (Å²) in [7, 11) is 0. The minimum Gasteiger partial charge on any atom is -0.483 e. The monoisotopic (exact) mass is 183 g/mol. The maximum atomic E-state index is 10.2. The smallest absolute Gasteiger partial charge is 0.290 e. The van der Waals surface area contributed by atoms with E-state index in [9.17, 15) is 10.1 Å². The number of carboxylic acid groups (broad SMARTS) is 1. The third-order valence-electron chi connectivity index (χ3n) is 1.31. The summed E-state index contributed by atoms with van der Waals surface area (Å²) in [6.45, 7) is 1.47. The second-order valence-electron chi connectivity index (χ2n) is 2.15. The second-order valence-corrected chi connectivity index (χ2v) is 2.15. The van der Waals surface area contributed by atoms with Gasteiger partial charge in [-0.3, -0.25) is 14.9 Å². The van der Waals surface area contributed by atoms with E-state index >= 15 is 0 Å². The van der Waals surface area contributed by atoms with Gasteiger partial charge in [-0.15, -0.1) is 0 Å². The fourth-order valence-electron chi connectivity index (χ4n) is 0.768. The number of para-hydroxylation sites is 1. The Morgan fingerprint density at radius 3 is 2.23 bits per heavy atom. The van der Waals surface area contributed by atoms with Crippen molar-refractivity contribution in [3.05, 3.63) is 39.9 Å². The molecule has 0 heterocycles. The molecule has 0 aliphatic rings. The van der Waals surface area contributed by atoms with E-state index in [2.05, 4.69) is 0 Å². The molecule has 0 saturated carbocycles. The van der Waals surface area contributed by atoms with Crippen LogP contribution in [0.2, 0.25) is 0 Å². The fraction of sp³-hybridized carbons (Fsp3) is 0.125. The van der Waals surface area contributed by atoms with Gasteiger partial charge in [0.15, 0.2) is 0 Å². The average molecular weight is 183 g/mol. The van der Waals surface area contributed by atoms with E-state index in [0.717, 1.165) is 0 Å². The van der Waals surface area contributed by atoms with E-state index in [-0.39, 0.29) is 17.1 Å². The molecule has 5 nitrogen and oxygen atoms in total. The Hall–Kier alpha value is -1.91. The molecule has 1 N–H and O–H groups in total. The van der Waals surface area contributed by atoms with Crippen molar-refractivity contribution in [2.75, 3.05) is 0 Å². The quantitative estimate of drug-likeness (QED) is 0.407. The molecule has 0 atom stereocenters. The van der Waals surface area contributed by atoms with Crippen LogP contribution >= 0.6 is 0 Å². The van der Waals surface area contributed by atoms with Crippen LogP contribution in [0.15, 0.2) is 24.3 Å². The van der Waals surface area contributed by atoms with Gasteiger partial charge in [-0.2, -0.15) is 0 Å². The predicted molar refractivity (Wildman–Crippen MR) is 46.5 cm³/mol. The average Bonchev–Trinajstić information content (AvgIpc) is 2.06. The normalized spacial score (nSPS) is 8.08. The van der Waals surface area contributed by atoms with Crippen LogP contribution in [0, 0.1) is 17.0 Å². The molecule has 0 radical (unpaired) electrons. The molecule has 0 aromatic heterocycles.